The molecule has 0 atom stereocenters. The van der Waals surface area contributed by atoms with Crippen LogP contribution in [0.3, 0.4) is 0 Å². The Morgan fingerprint density at radius 2 is 1.88 bits per heavy atom. The average molecular weight is 359 g/mol. The summed E-state index contributed by atoms with van der Waals surface area (Å²) in [6, 6.07) is 10.5. The Hall–Kier alpha value is -2.41. The molecule has 0 bridgehead atoms. The van der Waals surface area contributed by atoms with Crippen molar-refractivity contribution >= 4 is 38.6 Å². The van der Waals surface area contributed by atoms with E-state index in [0.29, 0.717) is 17.0 Å². The van der Waals surface area contributed by atoms with E-state index in [0.717, 1.165) is 22.5 Å². The second-order valence-corrected chi connectivity index (χ2v) is 7.86. The summed E-state index contributed by atoms with van der Waals surface area (Å²) < 4.78 is 26.7. The van der Waals surface area contributed by atoms with Gasteiger partial charge in [-0.25, -0.2) is 13.8 Å². The van der Waals surface area contributed by atoms with Crippen LogP contribution < -0.4 is 9.73 Å². The molecule has 2 aromatic rings. The predicted molar refractivity (Wildman–Crippen MR) is 99.2 cm³/mol. The summed E-state index contributed by atoms with van der Waals surface area (Å²) in [5, 5.41) is 5.46. The van der Waals surface area contributed by atoms with Crippen LogP contribution >= 0.6 is 0 Å². The molecule has 0 saturated carbocycles. The highest BCUT2D eigenvalue weighted by molar-refractivity contribution is 7.93. The number of carbonyl (C=O) groups is 1. The number of hydrazone groups is 1. The van der Waals surface area contributed by atoms with Crippen molar-refractivity contribution in [3.8, 4) is 0 Å². The normalized spacial score (nSPS) is 15.4. The monoisotopic (exact) mass is 359 g/mol. The topological polar surface area (TPSA) is 78.8 Å². The molecule has 1 N–H and O–H groups in total. The lowest BCUT2D eigenvalue weighted by Crippen LogP contribution is -2.37. The van der Waals surface area contributed by atoms with Crippen molar-refractivity contribution in [2.45, 2.75) is 31.6 Å². The van der Waals surface area contributed by atoms with Crippen molar-refractivity contribution < 1.29 is 13.2 Å². The van der Waals surface area contributed by atoms with Gasteiger partial charge in [0, 0.05) is 11.6 Å². The highest BCUT2D eigenvalue weighted by Gasteiger charge is 2.36. The molecule has 7 heteroatoms. The summed E-state index contributed by atoms with van der Waals surface area (Å²) in [4.78, 5) is 12.4. The van der Waals surface area contributed by atoms with Crippen LogP contribution in [-0.4, -0.2) is 27.1 Å². The zero-order chi connectivity index (χ0) is 18.0. The van der Waals surface area contributed by atoms with Crippen LogP contribution in [0.1, 0.15) is 26.7 Å². The van der Waals surface area contributed by atoms with E-state index >= 15 is 0 Å². The minimum Gasteiger partial charge on any atom is -0.271 e. The molecular weight excluding hydrogens is 338 g/mol. The number of sulfonamides is 1. The van der Waals surface area contributed by atoms with Gasteiger partial charge < -0.3 is 0 Å². The molecular formula is C18H21N3O3S. The molecule has 1 heterocycles. The molecule has 1 amide bonds. The maximum absolute atomic E-state index is 12.8. The number of amides is 1. The molecule has 0 fully saturated rings. The van der Waals surface area contributed by atoms with Crippen LogP contribution in [0.2, 0.25) is 0 Å². The summed E-state index contributed by atoms with van der Waals surface area (Å²) >= 11 is 0. The second kappa shape index (κ2) is 6.84. The first-order chi connectivity index (χ1) is 12.0. The van der Waals surface area contributed by atoms with Crippen LogP contribution in [0.15, 0.2) is 46.4 Å². The van der Waals surface area contributed by atoms with E-state index in [1.165, 1.54) is 0 Å². The number of anilines is 1. The highest BCUT2D eigenvalue weighted by Crippen LogP contribution is 2.41. The minimum atomic E-state index is -3.72. The number of benzene rings is 2. The second-order valence-electron chi connectivity index (χ2n) is 6.03. The minimum absolute atomic E-state index is 0.244. The van der Waals surface area contributed by atoms with Gasteiger partial charge in [0.25, 0.3) is 15.9 Å². The lowest BCUT2D eigenvalue weighted by atomic mass is 10.1. The van der Waals surface area contributed by atoms with Crippen molar-refractivity contribution in [1.29, 1.82) is 0 Å². The molecule has 1 aliphatic heterocycles. The SMILES string of the molecule is CCC(/C=N\NC(=O)CN1c2cccc3cccc(c23)S1(=O)=O)CC. The number of hydrogen-bond donors (Lipinski definition) is 1. The van der Waals surface area contributed by atoms with Crippen molar-refractivity contribution in [3.63, 3.8) is 0 Å². The Labute approximate surface area is 147 Å². The molecule has 6 nitrogen and oxygen atoms in total. The molecule has 0 unspecified atom stereocenters. The number of carbonyl (C=O) groups excluding carboxylic acids is 1. The highest BCUT2D eigenvalue weighted by atomic mass is 32.2. The van der Waals surface area contributed by atoms with Crippen molar-refractivity contribution in [2.24, 2.45) is 11.0 Å². The average Bonchev–Trinajstić information content (AvgIpc) is 2.82. The molecule has 25 heavy (non-hydrogen) atoms. The molecule has 3 rings (SSSR count). The Morgan fingerprint density at radius 1 is 1.20 bits per heavy atom. The van der Waals surface area contributed by atoms with E-state index in [1.54, 1.807) is 30.5 Å². The molecule has 2 aromatic carbocycles. The van der Waals surface area contributed by atoms with Crippen molar-refractivity contribution in [1.82, 2.24) is 5.43 Å². The van der Waals surface area contributed by atoms with E-state index in [2.05, 4.69) is 24.4 Å². The molecule has 0 spiro atoms. The van der Waals surface area contributed by atoms with Gasteiger partial charge in [0.1, 0.15) is 6.54 Å². The lowest BCUT2D eigenvalue weighted by molar-refractivity contribution is -0.119. The molecule has 0 radical (unpaired) electrons. The van der Waals surface area contributed by atoms with Crippen molar-refractivity contribution in [2.75, 3.05) is 10.8 Å². The standard InChI is InChI=1S/C18H21N3O3S/c1-3-13(4-2)11-19-20-17(22)12-21-15-9-5-7-14-8-6-10-16(18(14)15)25(21,23)24/h5-11,13H,3-4,12H2,1-2H3,(H,20,22)/b19-11-. The maximum Gasteiger partial charge on any atom is 0.265 e. The smallest absolute Gasteiger partial charge is 0.265 e. The van der Waals surface area contributed by atoms with Crippen LogP contribution in [-0.2, 0) is 14.8 Å². The van der Waals surface area contributed by atoms with Gasteiger partial charge in [-0.3, -0.25) is 9.10 Å². The fourth-order valence-corrected chi connectivity index (χ4v) is 4.68. The van der Waals surface area contributed by atoms with E-state index in [-0.39, 0.29) is 11.4 Å². The van der Waals surface area contributed by atoms with E-state index in [9.17, 15) is 13.2 Å². The van der Waals surface area contributed by atoms with Gasteiger partial charge in [-0.1, -0.05) is 38.1 Å². The third-order valence-electron chi connectivity index (χ3n) is 4.49. The molecule has 0 saturated heterocycles. The fraction of sp³-hybridized carbons (Fsp3) is 0.333. The Kier molecular flexibility index (Phi) is 4.76. The van der Waals surface area contributed by atoms with Crippen LogP contribution in [0.5, 0.6) is 0 Å². The van der Waals surface area contributed by atoms with Gasteiger partial charge in [-0.15, -0.1) is 0 Å². The zero-order valence-corrected chi connectivity index (χ0v) is 15.1. The summed E-state index contributed by atoms with van der Waals surface area (Å²) in [5.74, 6) is -0.163. The third kappa shape index (κ3) is 3.11. The maximum atomic E-state index is 12.8. The van der Waals surface area contributed by atoms with E-state index in [1.807, 2.05) is 12.1 Å². The van der Waals surface area contributed by atoms with Crippen molar-refractivity contribution in [3.05, 3.63) is 36.4 Å². The van der Waals surface area contributed by atoms with Gasteiger partial charge >= 0.3 is 0 Å². The Morgan fingerprint density at radius 3 is 2.56 bits per heavy atom. The van der Waals surface area contributed by atoms with Gasteiger partial charge in [0.2, 0.25) is 0 Å². The van der Waals surface area contributed by atoms with Crippen LogP contribution in [0, 0.1) is 5.92 Å². The molecule has 0 aliphatic carbocycles. The summed E-state index contributed by atoms with van der Waals surface area (Å²) in [7, 11) is -3.72. The van der Waals surface area contributed by atoms with Crippen LogP contribution in [0.4, 0.5) is 5.69 Å². The first-order valence-electron chi connectivity index (χ1n) is 8.35. The summed E-state index contributed by atoms with van der Waals surface area (Å²) in [5.41, 5.74) is 2.96. The Balaban J connectivity index is 1.82. The third-order valence-corrected chi connectivity index (χ3v) is 6.29. The first kappa shape index (κ1) is 17.4. The van der Waals surface area contributed by atoms with Crippen LogP contribution in [0.25, 0.3) is 10.8 Å². The fourth-order valence-electron chi connectivity index (χ4n) is 3.01. The molecule has 0 aromatic heterocycles. The summed E-state index contributed by atoms with van der Waals surface area (Å²) in [6.07, 6.45) is 3.58. The van der Waals surface area contributed by atoms with Gasteiger partial charge in [-0.2, -0.15) is 5.10 Å². The van der Waals surface area contributed by atoms with Gasteiger partial charge in [0.05, 0.1) is 10.6 Å². The number of hydrogen-bond acceptors (Lipinski definition) is 4. The van der Waals surface area contributed by atoms with E-state index in [4.69, 9.17) is 0 Å². The lowest BCUT2D eigenvalue weighted by Gasteiger charge is -2.17. The first-order valence-corrected chi connectivity index (χ1v) is 9.79. The van der Waals surface area contributed by atoms with E-state index < -0.39 is 15.9 Å². The number of nitrogens with zero attached hydrogens (tertiary/aromatic N) is 2. The van der Waals surface area contributed by atoms with Gasteiger partial charge in [0.15, 0.2) is 0 Å². The van der Waals surface area contributed by atoms with Gasteiger partial charge in [-0.05, 0) is 36.3 Å². The predicted octanol–water partition coefficient (Wildman–Crippen LogP) is 2.89. The number of rotatable bonds is 6. The summed E-state index contributed by atoms with van der Waals surface area (Å²) in [6.45, 7) is 3.81. The zero-order valence-electron chi connectivity index (χ0n) is 14.3. The Bertz CT molecular complexity index is 928. The number of nitrogens with one attached hydrogen (secondary N) is 1. The molecule has 1 aliphatic rings. The largest absolute Gasteiger partial charge is 0.271 e. The quantitative estimate of drug-likeness (QED) is 0.636. The molecule has 132 valence electrons.